The Morgan fingerprint density at radius 1 is 0.705 bits per heavy atom. The van der Waals surface area contributed by atoms with Crippen LogP contribution in [0.2, 0.25) is 0 Å². The summed E-state index contributed by atoms with van der Waals surface area (Å²) in [5.74, 6) is -3.94. The van der Waals surface area contributed by atoms with Crippen molar-refractivity contribution in [3.05, 3.63) is 107 Å². The predicted octanol–water partition coefficient (Wildman–Crippen LogP) is 7.63. The molecule has 0 radical (unpaired) electrons. The van der Waals surface area contributed by atoms with Crippen LogP contribution < -0.4 is 25.1 Å². The zero-order chi connectivity index (χ0) is 32.7. The summed E-state index contributed by atoms with van der Waals surface area (Å²) in [5, 5.41) is 11.1. The average Bonchev–Trinajstić information content (AvgIpc) is 2.89. The van der Waals surface area contributed by atoms with Crippen molar-refractivity contribution in [2.45, 2.75) is 18.9 Å². The van der Waals surface area contributed by atoms with E-state index in [2.05, 4.69) is 19.8 Å². The Labute approximate surface area is 240 Å². The van der Waals surface area contributed by atoms with Gasteiger partial charge >= 0.3 is 18.9 Å². The first-order valence-electron chi connectivity index (χ1n) is 11.7. The third kappa shape index (κ3) is 10.2. The second kappa shape index (κ2) is 13.3. The maximum absolute atomic E-state index is 13.2. The zero-order valence-corrected chi connectivity index (χ0v) is 21.5. The molecule has 0 unspecified atom stereocenters. The molecule has 0 atom stereocenters. The van der Waals surface area contributed by atoms with Crippen LogP contribution in [0.25, 0.3) is 0 Å². The fourth-order valence-electron chi connectivity index (χ4n) is 3.22. The Kier molecular flexibility index (Phi) is 10.0. The Morgan fingerprint density at radius 2 is 1.27 bits per heavy atom. The molecule has 4 rings (SSSR count). The summed E-state index contributed by atoms with van der Waals surface area (Å²) in [6.45, 7) is 0. The molecular formula is C27H17F9N2O6. The number of carbonyl (C=O) groups excluding carboxylic acids is 1. The summed E-state index contributed by atoms with van der Waals surface area (Å²) in [5.41, 5.74) is -2.44. The summed E-state index contributed by atoms with van der Waals surface area (Å²) >= 11 is 0. The Balaban J connectivity index is 0.000000369. The van der Waals surface area contributed by atoms with E-state index in [0.29, 0.717) is 12.1 Å². The van der Waals surface area contributed by atoms with Crippen LogP contribution in [-0.2, 0) is 6.18 Å². The van der Waals surface area contributed by atoms with Crippen LogP contribution in [0.15, 0.2) is 89.9 Å². The van der Waals surface area contributed by atoms with Crippen molar-refractivity contribution in [2.24, 2.45) is 0 Å². The number of ether oxygens (including phenoxy) is 3. The predicted molar refractivity (Wildman–Crippen MR) is 134 cm³/mol. The highest BCUT2D eigenvalue weighted by atomic mass is 19.4. The maximum atomic E-state index is 13.2. The standard InChI is InChI=1S/C20H12F6N2O4.C7H5F3O2/c21-19(22,23)11-5-6-14(31-15-3-1-2-4-16(15)32-20(24,25)26)13(9-11)18(30)28-12-7-8-27-17(29)10-12;8-7(9,10)12-6-4-2-1-3-5(6)11/h1-10H,(H2,27,28,29,30);1-4,11H. The normalized spacial score (nSPS) is 11.6. The second-order valence-corrected chi connectivity index (χ2v) is 8.22. The van der Waals surface area contributed by atoms with E-state index in [4.69, 9.17) is 9.84 Å². The molecule has 1 aromatic heterocycles. The lowest BCUT2D eigenvalue weighted by molar-refractivity contribution is -0.276. The van der Waals surface area contributed by atoms with Crippen molar-refractivity contribution in [3.8, 4) is 28.7 Å². The van der Waals surface area contributed by atoms with E-state index in [1.165, 1.54) is 36.5 Å². The van der Waals surface area contributed by atoms with Gasteiger partial charge in [0.15, 0.2) is 23.0 Å². The quantitative estimate of drug-likeness (QED) is 0.188. The Hall–Kier alpha value is -5.35. The zero-order valence-electron chi connectivity index (χ0n) is 21.5. The maximum Gasteiger partial charge on any atom is 0.573 e. The number of aromatic nitrogens is 1. The molecular weight excluding hydrogens is 619 g/mol. The minimum atomic E-state index is -5.06. The number of aromatic amines is 1. The average molecular weight is 636 g/mol. The van der Waals surface area contributed by atoms with Crippen molar-refractivity contribution in [3.63, 3.8) is 0 Å². The molecule has 3 N–H and O–H groups in total. The number of rotatable bonds is 6. The fourth-order valence-corrected chi connectivity index (χ4v) is 3.22. The molecule has 17 heteroatoms. The third-order valence-corrected chi connectivity index (χ3v) is 4.97. The van der Waals surface area contributed by atoms with Gasteiger partial charge in [0.05, 0.1) is 11.1 Å². The lowest BCUT2D eigenvalue weighted by Crippen LogP contribution is -2.18. The van der Waals surface area contributed by atoms with Gasteiger partial charge in [0.2, 0.25) is 5.56 Å². The molecule has 0 aliphatic heterocycles. The number of hydrogen-bond donors (Lipinski definition) is 3. The van der Waals surface area contributed by atoms with E-state index < -0.39 is 70.2 Å². The molecule has 234 valence electrons. The Bertz CT molecular complexity index is 1650. The third-order valence-electron chi connectivity index (χ3n) is 4.97. The number of carbonyl (C=O) groups is 1. The van der Waals surface area contributed by atoms with Crippen LogP contribution in [0.5, 0.6) is 28.7 Å². The van der Waals surface area contributed by atoms with E-state index in [-0.39, 0.29) is 5.69 Å². The summed E-state index contributed by atoms with van der Waals surface area (Å²) in [7, 11) is 0. The summed E-state index contributed by atoms with van der Waals surface area (Å²) in [6.07, 6.45) is -13.4. The number of benzene rings is 3. The summed E-state index contributed by atoms with van der Waals surface area (Å²) < 4.78 is 125. The summed E-state index contributed by atoms with van der Waals surface area (Å²) in [4.78, 5) is 26.3. The minimum absolute atomic E-state index is 0.0251. The number of pyridine rings is 1. The number of halogens is 9. The number of aromatic hydroxyl groups is 1. The van der Waals surface area contributed by atoms with Gasteiger partial charge < -0.3 is 29.6 Å². The van der Waals surface area contributed by atoms with Gasteiger partial charge in [-0.15, -0.1) is 26.3 Å². The molecule has 3 aromatic carbocycles. The summed E-state index contributed by atoms with van der Waals surface area (Å²) in [6, 6.07) is 13.6. The molecule has 0 aliphatic carbocycles. The molecule has 0 saturated carbocycles. The van der Waals surface area contributed by atoms with Crippen molar-refractivity contribution in [1.29, 1.82) is 0 Å². The van der Waals surface area contributed by atoms with Gasteiger partial charge in [-0.1, -0.05) is 24.3 Å². The number of phenols is 1. The van der Waals surface area contributed by atoms with Crippen LogP contribution in [-0.4, -0.2) is 28.7 Å². The lowest BCUT2D eigenvalue weighted by Gasteiger charge is -2.17. The first-order chi connectivity index (χ1) is 20.4. The molecule has 0 spiro atoms. The van der Waals surface area contributed by atoms with Gasteiger partial charge in [-0.05, 0) is 48.5 Å². The number of alkyl halides is 9. The molecule has 0 fully saturated rings. The highest BCUT2D eigenvalue weighted by molar-refractivity contribution is 6.06. The monoisotopic (exact) mass is 636 g/mol. The van der Waals surface area contributed by atoms with Crippen LogP contribution >= 0.6 is 0 Å². The number of hydrogen-bond acceptors (Lipinski definition) is 6. The molecule has 0 aliphatic rings. The molecule has 44 heavy (non-hydrogen) atoms. The van der Waals surface area contributed by atoms with E-state index in [0.717, 1.165) is 36.4 Å². The topological polar surface area (TPSA) is 110 Å². The van der Waals surface area contributed by atoms with Crippen molar-refractivity contribution < 1.29 is 63.6 Å². The van der Waals surface area contributed by atoms with Crippen molar-refractivity contribution >= 4 is 11.6 Å². The van der Waals surface area contributed by atoms with Crippen LogP contribution in [0.1, 0.15) is 15.9 Å². The van der Waals surface area contributed by atoms with Crippen LogP contribution in [0.3, 0.4) is 0 Å². The van der Waals surface area contributed by atoms with E-state index >= 15 is 0 Å². The van der Waals surface area contributed by atoms with E-state index in [9.17, 15) is 49.1 Å². The number of phenolic OH excluding ortho intramolecular Hbond substituents is 1. The highest BCUT2D eigenvalue weighted by Crippen LogP contribution is 2.38. The van der Waals surface area contributed by atoms with Crippen molar-refractivity contribution in [2.75, 3.05) is 5.32 Å². The molecule has 0 bridgehead atoms. The number of para-hydroxylation sites is 4. The lowest BCUT2D eigenvalue weighted by atomic mass is 10.1. The highest BCUT2D eigenvalue weighted by Gasteiger charge is 2.34. The molecule has 1 heterocycles. The van der Waals surface area contributed by atoms with Gasteiger partial charge in [0, 0.05) is 18.0 Å². The smallest absolute Gasteiger partial charge is 0.504 e. The second-order valence-electron chi connectivity index (χ2n) is 8.22. The SMILES string of the molecule is O=C(Nc1cc[nH]c(=O)c1)c1cc(C(F)(F)F)ccc1Oc1ccccc1OC(F)(F)F.Oc1ccccc1OC(F)(F)F. The molecule has 8 nitrogen and oxygen atoms in total. The first-order valence-corrected chi connectivity index (χ1v) is 11.7. The van der Waals surface area contributed by atoms with E-state index in [1.54, 1.807) is 0 Å². The van der Waals surface area contributed by atoms with Gasteiger partial charge in [-0.2, -0.15) is 13.2 Å². The number of H-pyrrole nitrogens is 1. The number of anilines is 1. The van der Waals surface area contributed by atoms with Crippen LogP contribution in [0, 0.1) is 0 Å². The number of nitrogens with one attached hydrogen (secondary N) is 2. The van der Waals surface area contributed by atoms with Gasteiger partial charge in [0.25, 0.3) is 5.91 Å². The van der Waals surface area contributed by atoms with Gasteiger partial charge in [-0.3, -0.25) is 9.59 Å². The molecule has 4 aromatic rings. The first kappa shape index (κ1) is 33.2. The minimum Gasteiger partial charge on any atom is -0.504 e. The fraction of sp³-hybridized carbons (Fsp3) is 0.111. The largest absolute Gasteiger partial charge is 0.573 e. The van der Waals surface area contributed by atoms with Crippen molar-refractivity contribution in [1.82, 2.24) is 4.98 Å². The molecule has 1 amide bonds. The van der Waals surface area contributed by atoms with Gasteiger partial charge in [-0.25, -0.2) is 0 Å². The Morgan fingerprint density at radius 3 is 1.84 bits per heavy atom. The van der Waals surface area contributed by atoms with Crippen LogP contribution in [0.4, 0.5) is 45.2 Å². The van der Waals surface area contributed by atoms with Gasteiger partial charge in [0.1, 0.15) is 5.75 Å². The number of amides is 1. The molecule has 0 saturated heterocycles. The van der Waals surface area contributed by atoms with E-state index in [1.807, 2.05) is 0 Å².